The molecule has 0 spiro atoms. The lowest BCUT2D eigenvalue weighted by Gasteiger charge is -2.18. The first-order chi connectivity index (χ1) is 24.4. The Hall–Kier alpha value is -2.43. The molecule has 0 unspecified atom stereocenters. The number of alkyl halides is 4. The lowest BCUT2D eigenvalue weighted by molar-refractivity contribution is -0.150. The van der Waals surface area contributed by atoms with Crippen LogP contribution >= 0.6 is 0 Å². The smallest absolute Gasteiger partial charge is 0.306 e. The van der Waals surface area contributed by atoms with Crippen molar-refractivity contribution in [2.75, 3.05) is 26.7 Å². The number of hydrogen-bond donors (Lipinski definition) is 3. The van der Waals surface area contributed by atoms with Gasteiger partial charge in [-0.3, -0.25) is 14.4 Å². The van der Waals surface area contributed by atoms with Crippen molar-refractivity contribution in [3.05, 3.63) is 24.3 Å². The number of carbonyl (C=O) groups excluding carboxylic acids is 3. The maximum absolute atomic E-state index is 13.8. The van der Waals surface area contributed by atoms with E-state index in [1.54, 1.807) is 0 Å². The van der Waals surface area contributed by atoms with Crippen LogP contribution in [-0.4, -0.2) is 62.4 Å². The molecule has 0 aliphatic carbocycles. The molecule has 2 amide bonds. The number of allylic oxidation sites excluding steroid dienone is 2. The molecule has 51 heavy (non-hydrogen) atoms. The zero-order valence-corrected chi connectivity index (χ0v) is 32.1. The summed E-state index contributed by atoms with van der Waals surface area (Å²) < 4.78 is 60.9. The van der Waals surface area contributed by atoms with Crippen LogP contribution in [0, 0.1) is 0 Å². The number of carbonyl (C=O) groups is 3. The van der Waals surface area contributed by atoms with E-state index in [-0.39, 0.29) is 49.8 Å². The van der Waals surface area contributed by atoms with Crippen LogP contribution in [0.25, 0.3) is 0 Å². The monoisotopic (exact) mass is 734 g/mol. The van der Waals surface area contributed by atoms with E-state index >= 15 is 0 Å². The summed E-state index contributed by atoms with van der Waals surface area (Å²) in [5, 5.41) is 8.41. The Bertz CT molecular complexity index is 885. The molecule has 0 saturated heterocycles. The highest BCUT2D eigenvalue weighted by molar-refractivity contribution is 5.76. The third-order valence-corrected chi connectivity index (χ3v) is 8.75. The zero-order chi connectivity index (χ0) is 38.1. The molecule has 0 atom stereocenters. The van der Waals surface area contributed by atoms with E-state index in [4.69, 9.17) is 4.74 Å². The van der Waals surface area contributed by atoms with E-state index in [9.17, 15) is 31.9 Å². The van der Waals surface area contributed by atoms with Crippen molar-refractivity contribution in [3.63, 3.8) is 0 Å². The molecule has 0 heterocycles. The third-order valence-electron chi connectivity index (χ3n) is 8.75. The van der Waals surface area contributed by atoms with Gasteiger partial charge in [-0.15, -0.1) is 0 Å². The Kier molecular flexibility index (Phi) is 30.7. The van der Waals surface area contributed by atoms with Crippen LogP contribution < -0.4 is 16.0 Å². The summed E-state index contributed by atoms with van der Waals surface area (Å²) in [7, 11) is 1.85. The van der Waals surface area contributed by atoms with Crippen molar-refractivity contribution in [2.45, 2.75) is 186 Å². The van der Waals surface area contributed by atoms with Crippen molar-refractivity contribution < 1.29 is 36.7 Å². The summed E-state index contributed by atoms with van der Waals surface area (Å²) >= 11 is 0. The largest absolute Gasteiger partial charge is 0.462 e. The second-order valence-corrected chi connectivity index (χ2v) is 13.8. The Morgan fingerprint density at radius 1 is 0.588 bits per heavy atom. The van der Waals surface area contributed by atoms with E-state index < -0.39 is 11.8 Å². The first-order valence-electron chi connectivity index (χ1n) is 19.9. The predicted molar refractivity (Wildman–Crippen MR) is 200 cm³/mol. The van der Waals surface area contributed by atoms with Crippen LogP contribution in [0.1, 0.15) is 168 Å². The maximum Gasteiger partial charge on any atom is 0.306 e. The van der Waals surface area contributed by atoms with Gasteiger partial charge in [-0.05, 0) is 83.5 Å². The highest BCUT2D eigenvalue weighted by atomic mass is 19.3. The number of unbranched alkanes of at least 4 members (excludes halogenated alkanes) is 12. The summed E-state index contributed by atoms with van der Waals surface area (Å²) in [4.78, 5) is 36.5. The average molecular weight is 734 g/mol. The van der Waals surface area contributed by atoms with Gasteiger partial charge in [-0.25, -0.2) is 17.6 Å². The summed E-state index contributed by atoms with van der Waals surface area (Å²) in [6.45, 7) is 4.93. The number of esters is 1. The van der Waals surface area contributed by atoms with Gasteiger partial charge in [0.15, 0.2) is 0 Å². The molecule has 0 aromatic carbocycles. The molecule has 0 aromatic rings. The van der Waals surface area contributed by atoms with Crippen LogP contribution in [0.3, 0.4) is 0 Å². The van der Waals surface area contributed by atoms with Gasteiger partial charge < -0.3 is 20.7 Å². The summed E-state index contributed by atoms with van der Waals surface area (Å²) in [5.74, 6) is -6.09. The minimum Gasteiger partial charge on any atom is -0.462 e. The van der Waals surface area contributed by atoms with Gasteiger partial charge in [-0.2, -0.15) is 0 Å². The standard InChI is InChI=1S/C40H71F4N3O4/c1-4-6-18-28-39(41,42)30-21-33-46-36(48)25-16-12-8-10-14-23-35(51-38(50)27-20-32-45-3)24-15-11-9-13-17-26-37(49)47-34-22-31-40(43,44)29-19-7-5-2/h21-22,30-31,35,45H,4-20,23-29,32-34H2,1-3H3,(H,46,48)(H,47,49)/b30-21-,31-22-. The first kappa shape index (κ1) is 48.6. The fourth-order valence-corrected chi connectivity index (χ4v) is 5.67. The van der Waals surface area contributed by atoms with E-state index in [1.807, 2.05) is 20.9 Å². The molecule has 0 radical (unpaired) electrons. The second kappa shape index (κ2) is 32.2. The molecular formula is C40H71F4N3O4. The molecule has 0 aliphatic heterocycles. The quantitative estimate of drug-likeness (QED) is 0.0261. The fourth-order valence-electron chi connectivity index (χ4n) is 5.67. The van der Waals surface area contributed by atoms with E-state index in [1.165, 1.54) is 12.2 Å². The highest BCUT2D eigenvalue weighted by Gasteiger charge is 2.24. The Morgan fingerprint density at radius 2 is 1.02 bits per heavy atom. The molecule has 0 bridgehead atoms. The van der Waals surface area contributed by atoms with Crippen molar-refractivity contribution in [1.29, 1.82) is 0 Å². The lowest BCUT2D eigenvalue weighted by Crippen LogP contribution is -2.23. The SMILES string of the molecule is CCCCCC(F)(F)/C=C\CNC(=O)CCCCCCCC(CCCCCCCC(=O)NC/C=C\C(F)(F)CCCCC)OC(=O)CCCNC. The third kappa shape index (κ3) is 33.2. The highest BCUT2D eigenvalue weighted by Crippen LogP contribution is 2.24. The molecule has 0 rings (SSSR count). The number of rotatable bonds is 35. The van der Waals surface area contributed by atoms with Crippen LogP contribution in [-0.2, 0) is 19.1 Å². The molecule has 0 aromatic heterocycles. The number of halogens is 4. The van der Waals surface area contributed by atoms with Gasteiger partial charge in [-0.1, -0.05) is 90.2 Å². The average Bonchev–Trinajstić information content (AvgIpc) is 3.07. The molecular weight excluding hydrogens is 662 g/mol. The van der Waals surface area contributed by atoms with Crippen LogP contribution in [0.5, 0.6) is 0 Å². The number of hydrogen-bond acceptors (Lipinski definition) is 5. The van der Waals surface area contributed by atoms with E-state index in [0.29, 0.717) is 32.1 Å². The number of ether oxygens (including phenoxy) is 1. The number of amides is 2. The molecule has 7 nitrogen and oxygen atoms in total. The fraction of sp³-hybridized carbons (Fsp3) is 0.825. The summed E-state index contributed by atoms with van der Waals surface area (Å²) in [6.07, 6.45) is 20.8. The maximum atomic E-state index is 13.8. The molecule has 0 aliphatic rings. The van der Waals surface area contributed by atoms with Gasteiger partial charge in [0.2, 0.25) is 11.8 Å². The topological polar surface area (TPSA) is 96.5 Å². The lowest BCUT2D eigenvalue weighted by atomic mass is 10.0. The van der Waals surface area contributed by atoms with Crippen LogP contribution in [0.2, 0.25) is 0 Å². The van der Waals surface area contributed by atoms with Crippen LogP contribution in [0.15, 0.2) is 24.3 Å². The Balaban J connectivity index is 4.22. The summed E-state index contributed by atoms with van der Waals surface area (Å²) in [6, 6.07) is 0. The van der Waals surface area contributed by atoms with Crippen molar-refractivity contribution >= 4 is 17.8 Å². The second-order valence-electron chi connectivity index (χ2n) is 13.8. The van der Waals surface area contributed by atoms with Crippen LogP contribution in [0.4, 0.5) is 17.6 Å². The van der Waals surface area contributed by atoms with Gasteiger partial charge >= 0.3 is 5.97 Å². The van der Waals surface area contributed by atoms with Gasteiger partial charge in [0.1, 0.15) is 6.10 Å². The Morgan fingerprint density at radius 3 is 1.45 bits per heavy atom. The van der Waals surface area contributed by atoms with Gasteiger partial charge in [0.25, 0.3) is 11.8 Å². The molecule has 298 valence electrons. The van der Waals surface area contributed by atoms with Crippen molar-refractivity contribution in [2.24, 2.45) is 0 Å². The van der Waals surface area contributed by atoms with E-state index in [0.717, 1.165) is 128 Å². The Labute approximate surface area is 307 Å². The number of nitrogens with one attached hydrogen (secondary N) is 3. The van der Waals surface area contributed by atoms with Gasteiger partial charge in [0, 0.05) is 45.2 Å². The zero-order valence-electron chi connectivity index (χ0n) is 32.1. The first-order valence-corrected chi connectivity index (χ1v) is 19.9. The molecule has 3 N–H and O–H groups in total. The summed E-state index contributed by atoms with van der Waals surface area (Å²) in [5.41, 5.74) is 0. The van der Waals surface area contributed by atoms with Crippen molar-refractivity contribution in [3.8, 4) is 0 Å². The minimum atomic E-state index is -2.83. The van der Waals surface area contributed by atoms with Gasteiger partial charge in [0.05, 0.1) is 0 Å². The van der Waals surface area contributed by atoms with E-state index in [2.05, 4.69) is 16.0 Å². The minimum absolute atomic E-state index is 0.110. The molecule has 11 heteroatoms. The predicted octanol–water partition coefficient (Wildman–Crippen LogP) is 10.1. The molecule has 0 fully saturated rings. The molecule has 0 saturated carbocycles. The van der Waals surface area contributed by atoms with Crippen molar-refractivity contribution in [1.82, 2.24) is 16.0 Å². The normalized spacial score (nSPS) is 12.3.